The topological polar surface area (TPSA) is 109 Å². The minimum absolute atomic E-state index is 0.0165. The first-order chi connectivity index (χ1) is 13.9. The van der Waals surface area contributed by atoms with Crippen molar-refractivity contribution in [3.05, 3.63) is 74.9 Å². The summed E-state index contributed by atoms with van der Waals surface area (Å²) in [6.07, 6.45) is 1.54. The third-order valence-corrected chi connectivity index (χ3v) is 4.48. The van der Waals surface area contributed by atoms with Gasteiger partial charge in [0, 0.05) is 23.8 Å². The second-order valence-corrected chi connectivity index (χ2v) is 6.31. The lowest BCUT2D eigenvalue weighted by atomic mass is 10.2. The maximum atomic E-state index is 12.6. The minimum Gasteiger partial charge on any atom is -0.493 e. The summed E-state index contributed by atoms with van der Waals surface area (Å²) >= 11 is 6.03. The SMILES string of the molecule is COc1cccc(Cn2nccc2NC(=O)c2ccc([N+](=O)[O-])cc2Cl)c1OC. The smallest absolute Gasteiger partial charge is 0.270 e. The highest BCUT2D eigenvalue weighted by Crippen LogP contribution is 2.31. The lowest BCUT2D eigenvalue weighted by Crippen LogP contribution is -2.17. The van der Waals surface area contributed by atoms with E-state index in [1.807, 2.05) is 12.1 Å². The van der Waals surface area contributed by atoms with Crippen LogP contribution in [0.1, 0.15) is 15.9 Å². The molecule has 0 saturated carbocycles. The molecule has 3 rings (SSSR count). The van der Waals surface area contributed by atoms with E-state index in [9.17, 15) is 14.9 Å². The fourth-order valence-corrected chi connectivity index (χ4v) is 3.05. The molecule has 29 heavy (non-hydrogen) atoms. The van der Waals surface area contributed by atoms with Gasteiger partial charge in [-0.05, 0) is 12.1 Å². The number of nitrogens with one attached hydrogen (secondary N) is 1. The molecule has 1 aromatic heterocycles. The Kier molecular flexibility index (Phi) is 5.99. The number of para-hydroxylation sites is 1. The highest BCUT2D eigenvalue weighted by atomic mass is 35.5. The van der Waals surface area contributed by atoms with Gasteiger partial charge >= 0.3 is 0 Å². The number of anilines is 1. The number of ether oxygens (including phenoxy) is 2. The van der Waals surface area contributed by atoms with Crippen LogP contribution in [0.2, 0.25) is 5.02 Å². The summed E-state index contributed by atoms with van der Waals surface area (Å²) in [4.78, 5) is 22.8. The quantitative estimate of drug-likeness (QED) is 0.464. The van der Waals surface area contributed by atoms with Gasteiger partial charge in [0.25, 0.3) is 11.6 Å². The number of amides is 1. The average Bonchev–Trinajstić information content (AvgIpc) is 3.13. The van der Waals surface area contributed by atoms with E-state index >= 15 is 0 Å². The fourth-order valence-electron chi connectivity index (χ4n) is 2.79. The molecule has 0 atom stereocenters. The van der Waals surface area contributed by atoms with Gasteiger partial charge in [0.05, 0.1) is 42.5 Å². The third kappa shape index (κ3) is 4.30. The molecule has 2 aromatic carbocycles. The summed E-state index contributed by atoms with van der Waals surface area (Å²) in [7, 11) is 3.10. The van der Waals surface area contributed by atoms with Crippen molar-refractivity contribution in [3.8, 4) is 11.5 Å². The second-order valence-electron chi connectivity index (χ2n) is 5.90. The number of non-ortho nitro benzene ring substituents is 1. The predicted molar refractivity (Wildman–Crippen MR) is 107 cm³/mol. The first-order valence-electron chi connectivity index (χ1n) is 8.41. The Labute approximate surface area is 171 Å². The van der Waals surface area contributed by atoms with Crippen LogP contribution >= 0.6 is 11.6 Å². The van der Waals surface area contributed by atoms with E-state index < -0.39 is 10.8 Å². The highest BCUT2D eigenvalue weighted by molar-refractivity contribution is 6.34. The van der Waals surface area contributed by atoms with E-state index in [4.69, 9.17) is 21.1 Å². The Morgan fingerprint density at radius 1 is 1.24 bits per heavy atom. The molecule has 150 valence electrons. The monoisotopic (exact) mass is 416 g/mol. The van der Waals surface area contributed by atoms with Gasteiger partial charge in [0.1, 0.15) is 5.82 Å². The lowest BCUT2D eigenvalue weighted by molar-refractivity contribution is -0.384. The van der Waals surface area contributed by atoms with E-state index in [0.29, 0.717) is 23.9 Å². The number of nitro groups is 1. The molecule has 0 unspecified atom stereocenters. The number of hydrogen-bond acceptors (Lipinski definition) is 6. The van der Waals surface area contributed by atoms with Crippen molar-refractivity contribution in [1.82, 2.24) is 9.78 Å². The number of hydrogen-bond donors (Lipinski definition) is 1. The van der Waals surface area contributed by atoms with Gasteiger partial charge in [-0.1, -0.05) is 23.7 Å². The Bertz CT molecular complexity index is 1070. The first kappa shape index (κ1) is 20.2. The molecule has 0 aliphatic heterocycles. The number of benzene rings is 2. The number of nitrogens with zero attached hydrogens (tertiary/aromatic N) is 3. The van der Waals surface area contributed by atoms with Crippen LogP contribution in [-0.2, 0) is 6.54 Å². The van der Waals surface area contributed by atoms with Gasteiger partial charge in [-0.2, -0.15) is 5.10 Å². The van der Waals surface area contributed by atoms with Crippen LogP contribution in [0.5, 0.6) is 11.5 Å². The molecule has 1 amide bonds. The van der Waals surface area contributed by atoms with E-state index in [1.165, 1.54) is 12.1 Å². The molecular weight excluding hydrogens is 400 g/mol. The van der Waals surface area contributed by atoms with Crippen LogP contribution in [0.25, 0.3) is 0 Å². The van der Waals surface area contributed by atoms with Gasteiger partial charge in [-0.15, -0.1) is 0 Å². The Balaban J connectivity index is 1.83. The standard InChI is InChI=1S/C19H17ClN4O5/c1-28-16-5-3-4-12(18(16)29-2)11-23-17(8-9-21-23)22-19(25)14-7-6-13(24(26)27)10-15(14)20/h3-10H,11H2,1-2H3,(H,22,25). The zero-order chi connectivity index (χ0) is 21.0. The molecule has 0 spiro atoms. The second kappa shape index (κ2) is 8.61. The summed E-state index contributed by atoms with van der Waals surface area (Å²) < 4.78 is 12.3. The summed E-state index contributed by atoms with van der Waals surface area (Å²) in [5.74, 6) is 1.07. The molecule has 0 aliphatic rings. The van der Waals surface area contributed by atoms with Crippen molar-refractivity contribution in [3.63, 3.8) is 0 Å². The maximum absolute atomic E-state index is 12.6. The van der Waals surface area contributed by atoms with Crippen molar-refractivity contribution in [2.45, 2.75) is 6.54 Å². The molecule has 0 radical (unpaired) electrons. The summed E-state index contributed by atoms with van der Waals surface area (Å²) in [5, 5.41) is 17.8. The molecule has 0 bridgehead atoms. The Morgan fingerprint density at radius 2 is 2.03 bits per heavy atom. The van der Waals surface area contributed by atoms with Crippen LogP contribution in [0, 0.1) is 10.1 Å². The normalized spacial score (nSPS) is 10.4. The Hall–Kier alpha value is -3.59. The van der Waals surface area contributed by atoms with Crippen LogP contribution in [0.3, 0.4) is 0 Å². The molecule has 1 N–H and O–H groups in total. The van der Waals surface area contributed by atoms with Gasteiger partial charge in [-0.3, -0.25) is 14.9 Å². The number of halogens is 1. The third-order valence-electron chi connectivity index (χ3n) is 4.17. The molecular formula is C19H17ClN4O5. The van der Waals surface area contributed by atoms with Crippen molar-refractivity contribution in [2.75, 3.05) is 19.5 Å². The molecule has 3 aromatic rings. The van der Waals surface area contributed by atoms with E-state index in [-0.39, 0.29) is 16.3 Å². The van der Waals surface area contributed by atoms with Gasteiger partial charge in [-0.25, -0.2) is 4.68 Å². The zero-order valence-electron chi connectivity index (χ0n) is 15.6. The summed E-state index contributed by atoms with van der Waals surface area (Å²) in [5.41, 5.74) is 0.727. The Morgan fingerprint density at radius 3 is 2.69 bits per heavy atom. The molecule has 0 fully saturated rings. The number of aromatic nitrogens is 2. The number of nitro benzene ring substituents is 1. The van der Waals surface area contributed by atoms with Crippen molar-refractivity contribution >= 4 is 29.0 Å². The molecule has 0 saturated heterocycles. The van der Waals surface area contributed by atoms with E-state index in [2.05, 4.69) is 10.4 Å². The zero-order valence-corrected chi connectivity index (χ0v) is 16.3. The minimum atomic E-state index is -0.579. The molecule has 0 aliphatic carbocycles. The molecule has 9 nitrogen and oxygen atoms in total. The van der Waals surface area contributed by atoms with E-state index in [0.717, 1.165) is 11.6 Å². The van der Waals surface area contributed by atoms with Crippen LogP contribution in [0.15, 0.2) is 48.7 Å². The van der Waals surface area contributed by atoms with Crippen LogP contribution < -0.4 is 14.8 Å². The number of rotatable bonds is 7. The molecule has 1 heterocycles. The van der Waals surface area contributed by atoms with Crippen molar-refractivity contribution < 1.29 is 19.2 Å². The average molecular weight is 417 g/mol. The number of methoxy groups -OCH3 is 2. The van der Waals surface area contributed by atoms with E-state index in [1.54, 1.807) is 37.2 Å². The highest BCUT2D eigenvalue weighted by Gasteiger charge is 2.17. The fraction of sp³-hybridized carbons (Fsp3) is 0.158. The predicted octanol–water partition coefficient (Wildman–Crippen LogP) is 3.76. The van der Waals surface area contributed by atoms with Crippen LogP contribution in [-0.4, -0.2) is 34.8 Å². The summed E-state index contributed by atoms with van der Waals surface area (Å²) in [6.45, 7) is 0.316. The largest absolute Gasteiger partial charge is 0.493 e. The van der Waals surface area contributed by atoms with Crippen molar-refractivity contribution in [1.29, 1.82) is 0 Å². The van der Waals surface area contributed by atoms with Crippen LogP contribution in [0.4, 0.5) is 11.5 Å². The molecule has 10 heteroatoms. The van der Waals surface area contributed by atoms with Gasteiger partial charge in [0.2, 0.25) is 0 Å². The van der Waals surface area contributed by atoms with Gasteiger partial charge < -0.3 is 14.8 Å². The van der Waals surface area contributed by atoms with Gasteiger partial charge in [0.15, 0.2) is 11.5 Å². The number of carbonyl (C=O) groups is 1. The summed E-state index contributed by atoms with van der Waals surface area (Å²) in [6, 6.07) is 10.8. The lowest BCUT2D eigenvalue weighted by Gasteiger charge is -2.14. The number of carbonyl (C=O) groups excluding carboxylic acids is 1. The first-order valence-corrected chi connectivity index (χ1v) is 8.79. The maximum Gasteiger partial charge on any atom is 0.270 e. The van der Waals surface area contributed by atoms with Crippen molar-refractivity contribution in [2.24, 2.45) is 0 Å².